The van der Waals surface area contributed by atoms with Crippen LogP contribution in [0.4, 0.5) is 5.82 Å². The molecular formula is C26H34N4O. The van der Waals surface area contributed by atoms with Crippen molar-refractivity contribution in [3.63, 3.8) is 0 Å². The Morgan fingerprint density at radius 2 is 1.74 bits per heavy atom. The molecule has 2 aliphatic heterocycles. The van der Waals surface area contributed by atoms with Gasteiger partial charge in [0.05, 0.1) is 17.4 Å². The standard InChI is InChI=1S/C26H34N4O/c1-15-12-16(2)23(17(3)13-15)24-20(6)28-30-25(24)27-19(5)22-10-9-18(4)29(26(22)30)14-21-8-7-11-31-21/h12-13,18,21H,7-11,14H2,1-6H3. The van der Waals surface area contributed by atoms with Gasteiger partial charge in [-0.25, -0.2) is 4.98 Å². The molecular weight excluding hydrogens is 384 g/mol. The Morgan fingerprint density at radius 3 is 2.42 bits per heavy atom. The third-order valence-corrected chi connectivity index (χ3v) is 7.18. The molecule has 1 aromatic carbocycles. The number of fused-ring (bicyclic) bond motifs is 3. The van der Waals surface area contributed by atoms with E-state index in [4.69, 9.17) is 14.8 Å². The summed E-state index contributed by atoms with van der Waals surface area (Å²) in [5.74, 6) is 1.23. The summed E-state index contributed by atoms with van der Waals surface area (Å²) in [5, 5.41) is 5.08. The van der Waals surface area contributed by atoms with Crippen LogP contribution in [0.25, 0.3) is 16.8 Å². The molecule has 0 saturated carbocycles. The molecule has 2 unspecified atom stereocenters. The molecule has 1 saturated heterocycles. The number of hydrogen-bond acceptors (Lipinski definition) is 4. The van der Waals surface area contributed by atoms with Crippen LogP contribution in [-0.2, 0) is 11.2 Å². The lowest BCUT2D eigenvalue weighted by Gasteiger charge is -2.38. The SMILES string of the molecule is Cc1cc(C)c(-c2c(C)nn3c4c(c(C)nc23)CCC(C)N4CC2CCCO2)c(C)c1. The van der Waals surface area contributed by atoms with Gasteiger partial charge in [-0.2, -0.15) is 9.61 Å². The third kappa shape index (κ3) is 3.34. The van der Waals surface area contributed by atoms with Gasteiger partial charge in [0.15, 0.2) is 5.65 Å². The van der Waals surface area contributed by atoms with Crippen LogP contribution in [-0.4, -0.2) is 39.9 Å². The molecule has 2 atom stereocenters. The van der Waals surface area contributed by atoms with E-state index in [2.05, 4.69) is 63.1 Å². The summed E-state index contributed by atoms with van der Waals surface area (Å²) < 4.78 is 8.15. The Kier molecular flexibility index (Phi) is 5.04. The second-order valence-electron chi connectivity index (χ2n) is 9.64. The first-order chi connectivity index (χ1) is 14.8. The Balaban J connectivity index is 1.74. The van der Waals surface area contributed by atoms with Gasteiger partial charge in [0, 0.05) is 30.5 Å². The molecule has 0 aliphatic carbocycles. The zero-order chi connectivity index (χ0) is 21.9. The van der Waals surface area contributed by atoms with Crippen LogP contribution < -0.4 is 4.90 Å². The van der Waals surface area contributed by atoms with Crippen molar-refractivity contribution in [3.8, 4) is 11.1 Å². The minimum atomic E-state index is 0.314. The van der Waals surface area contributed by atoms with Crippen molar-refractivity contribution in [2.24, 2.45) is 0 Å². The van der Waals surface area contributed by atoms with E-state index in [0.29, 0.717) is 12.1 Å². The lowest BCUT2D eigenvalue weighted by molar-refractivity contribution is 0.113. The van der Waals surface area contributed by atoms with E-state index < -0.39 is 0 Å². The van der Waals surface area contributed by atoms with Gasteiger partial charge in [-0.15, -0.1) is 0 Å². The summed E-state index contributed by atoms with van der Waals surface area (Å²) in [5.41, 5.74) is 10.8. The third-order valence-electron chi connectivity index (χ3n) is 7.18. The van der Waals surface area contributed by atoms with E-state index in [-0.39, 0.29) is 0 Å². The highest BCUT2D eigenvalue weighted by Gasteiger charge is 2.32. The average Bonchev–Trinajstić information content (AvgIpc) is 3.32. The highest BCUT2D eigenvalue weighted by molar-refractivity contribution is 5.85. The van der Waals surface area contributed by atoms with Crippen molar-refractivity contribution in [1.29, 1.82) is 0 Å². The number of aromatic nitrogens is 3. The van der Waals surface area contributed by atoms with Crippen LogP contribution in [0.3, 0.4) is 0 Å². The average molecular weight is 419 g/mol. The van der Waals surface area contributed by atoms with Gasteiger partial charge in [-0.1, -0.05) is 17.7 Å². The van der Waals surface area contributed by atoms with Gasteiger partial charge in [-0.05, 0) is 83.9 Å². The second-order valence-corrected chi connectivity index (χ2v) is 9.64. The predicted molar refractivity (Wildman–Crippen MR) is 126 cm³/mol. The number of anilines is 1. The largest absolute Gasteiger partial charge is 0.376 e. The lowest BCUT2D eigenvalue weighted by atomic mass is 9.93. The number of hydrogen-bond donors (Lipinski definition) is 0. The first kappa shape index (κ1) is 20.5. The number of aryl methyl sites for hydroxylation is 5. The molecule has 0 bridgehead atoms. The fourth-order valence-corrected chi connectivity index (χ4v) is 5.73. The summed E-state index contributed by atoms with van der Waals surface area (Å²) in [6.07, 6.45) is 4.84. The molecule has 5 nitrogen and oxygen atoms in total. The number of nitrogens with zero attached hydrogens (tertiary/aromatic N) is 4. The molecule has 31 heavy (non-hydrogen) atoms. The summed E-state index contributed by atoms with van der Waals surface area (Å²) in [4.78, 5) is 7.67. The van der Waals surface area contributed by atoms with Crippen molar-refractivity contribution in [2.75, 3.05) is 18.1 Å². The topological polar surface area (TPSA) is 42.7 Å². The van der Waals surface area contributed by atoms with Gasteiger partial charge in [0.2, 0.25) is 0 Å². The maximum absolute atomic E-state index is 6.02. The van der Waals surface area contributed by atoms with E-state index in [1.54, 1.807) is 0 Å². The summed E-state index contributed by atoms with van der Waals surface area (Å²) in [7, 11) is 0. The van der Waals surface area contributed by atoms with Crippen LogP contribution in [0.15, 0.2) is 12.1 Å². The highest BCUT2D eigenvalue weighted by Crippen LogP contribution is 2.39. The molecule has 5 rings (SSSR count). The smallest absolute Gasteiger partial charge is 0.165 e. The minimum Gasteiger partial charge on any atom is -0.376 e. The summed E-state index contributed by atoms with van der Waals surface area (Å²) >= 11 is 0. The van der Waals surface area contributed by atoms with E-state index in [9.17, 15) is 0 Å². The van der Waals surface area contributed by atoms with Gasteiger partial charge in [0.25, 0.3) is 0 Å². The zero-order valence-electron chi connectivity index (χ0n) is 19.7. The first-order valence-corrected chi connectivity index (χ1v) is 11.7. The van der Waals surface area contributed by atoms with E-state index in [1.165, 1.54) is 45.6 Å². The maximum atomic E-state index is 6.02. The predicted octanol–water partition coefficient (Wildman–Crippen LogP) is 5.26. The van der Waals surface area contributed by atoms with Crippen LogP contribution in [0.1, 0.15) is 59.8 Å². The van der Waals surface area contributed by atoms with Crippen molar-refractivity contribution >= 4 is 11.5 Å². The molecule has 2 aliphatic rings. The van der Waals surface area contributed by atoms with Gasteiger partial charge in [0.1, 0.15) is 5.82 Å². The van der Waals surface area contributed by atoms with E-state index >= 15 is 0 Å². The fraction of sp³-hybridized carbons (Fsp3) is 0.538. The monoisotopic (exact) mass is 418 g/mol. The zero-order valence-corrected chi connectivity index (χ0v) is 19.7. The van der Waals surface area contributed by atoms with Crippen molar-refractivity contribution < 1.29 is 4.74 Å². The normalized spacial score (nSPS) is 21.2. The molecule has 0 amide bonds. The molecule has 164 valence electrons. The lowest BCUT2D eigenvalue weighted by Crippen LogP contribution is -2.43. The Bertz CT molecular complexity index is 1130. The molecule has 0 radical (unpaired) electrons. The van der Waals surface area contributed by atoms with E-state index in [1.807, 2.05) is 0 Å². The molecule has 3 aromatic rings. The molecule has 4 heterocycles. The van der Waals surface area contributed by atoms with Crippen LogP contribution in [0.2, 0.25) is 0 Å². The van der Waals surface area contributed by atoms with Crippen molar-refractivity contribution in [3.05, 3.63) is 45.8 Å². The maximum Gasteiger partial charge on any atom is 0.165 e. The van der Waals surface area contributed by atoms with Crippen molar-refractivity contribution in [2.45, 2.75) is 79.4 Å². The minimum absolute atomic E-state index is 0.314. The van der Waals surface area contributed by atoms with Crippen LogP contribution in [0, 0.1) is 34.6 Å². The Morgan fingerprint density at radius 1 is 1.00 bits per heavy atom. The summed E-state index contributed by atoms with van der Waals surface area (Å²) in [6.45, 7) is 15.0. The van der Waals surface area contributed by atoms with E-state index in [0.717, 1.165) is 49.4 Å². The molecule has 5 heteroatoms. The van der Waals surface area contributed by atoms with Crippen LogP contribution >= 0.6 is 0 Å². The molecule has 0 N–H and O–H groups in total. The van der Waals surface area contributed by atoms with Gasteiger partial charge >= 0.3 is 0 Å². The molecule has 2 aromatic heterocycles. The Labute approximate surface area is 185 Å². The van der Waals surface area contributed by atoms with Crippen molar-refractivity contribution in [1.82, 2.24) is 14.6 Å². The highest BCUT2D eigenvalue weighted by atomic mass is 16.5. The van der Waals surface area contributed by atoms with Gasteiger partial charge < -0.3 is 9.64 Å². The second kappa shape index (κ2) is 7.63. The quantitative estimate of drug-likeness (QED) is 0.582. The fourth-order valence-electron chi connectivity index (χ4n) is 5.73. The van der Waals surface area contributed by atoms with Gasteiger partial charge in [-0.3, -0.25) is 0 Å². The molecule has 1 fully saturated rings. The Hall–Kier alpha value is -2.40. The number of rotatable bonds is 3. The summed E-state index contributed by atoms with van der Waals surface area (Å²) in [6, 6.07) is 5.00. The number of ether oxygens (including phenoxy) is 1. The first-order valence-electron chi connectivity index (χ1n) is 11.7. The molecule has 0 spiro atoms. The number of benzene rings is 1. The van der Waals surface area contributed by atoms with Crippen LogP contribution in [0.5, 0.6) is 0 Å².